The Morgan fingerprint density at radius 2 is 1.78 bits per heavy atom. The first kappa shape index (κ1) is 11.5. The van der Waals surface area contributed by atoms with Crippen LogP contribution in [0.15, 0.2) is 52.5 Å². The van der Waals surface area contributed by atoms with Crippen molar-refractivity contribution in [3.05, 3.63) is 53.8 Å². The summed E-state index contributed by atoms with van der Waals surface area (Å²) in [6, 6.07) is 16.6. The second kappa shape index (κ2) is 5.38. The third kappa shape index (κ3) is 2.78. The minimum Gasteiger partial charge on any atom is -0.441 e. The maximum atomic E-state index is 8.63. The molecule has 0 radical (unpaired) electrons. The molecule has 1 N–H and O–H groups in total. The standard InChI is InChI=1S/C14H9N3O/c15-9-11(10-16)8-13-6-7-14(18-13)17-12-4-2-1-3-5-12/h1-8,17H. The molecule has 2 rings (SSSR count). The Hall–Kier alpha value is -2.98. The zero-order valence-corrected chi connectivity index (χ0v) is 9.42. The minimum atomic E-state index is 0.00983. The lowest BCUT2D eigenvalue weighted by Crippen LogP contribution is -1.86. The van der Waals surface area contributed by atoms with Crippen LogP contribution in [0.4, 0.5) is 11.6 Å². The van der Waals surface area contributed by atoms with Crippen LogP contribution in [-0.2, 0) is 0 Å². The molecule has 86 valence electrons. The normalized spacial score (nSPS) is 9.00. The van der Waals surface area contributed by atoms with Crippen LogP contribution in [0.5, 0.6) is 0 Å². The first-order valence-electron chi connectivity index (χ1n) is 5.25. The van der Waals surface area contributed by atoms with Gasteiger partial charge in [-0.3, -0.25) is 0 Å². The summed E-state index contributed by atoms with van der Waals surface area (Å²) in [5.74, 6) is 1.02. The Morgan fingerprint density at radius 1 is 1.06 bits per heavy atom. The molecule has 0 amide bonds. The molecule has 0 saturated carbocycles. The number of hydrogen-bond donors (Lipinski definition) is 1. The first-order chi connectivity index (χ1) is 8.81. The molecule has 0 aliphatic carbocycles. The van der Waals surface area contributed by atoms with Crippen LogP contribution in [0, 0.1) is 22.7 Å². The van der Waals surface area contributed by atoms with Crippen molar-refractivity contribution in [2.24, 2.45) is 0 Å². The van der Waals surface area contributed by atoms with Crippen LogP contribution >= 0.6 is 0 Å². The highest BCUT2D eigenvalue weighted by Crippen LogP contribution is 2.20. The molecule has 4 nitrogen and oxygen atoms in total. The van der Waals surface area contributed by atoms with Gasteiger partial charge < -0.3 is 9.73 Å². The second-order valence-electron chi connectivity index (χ2n) is 3.47. The van der Waals surface area contributed by atoms with Crippen molar-refractivity contribution >= 4 is 17.6 Å². The van der Waals surface area contributed by atoms with E-state index in [0.29, 0.717) is 11.6 Å². The van der Waals surface area contributed by atoms with Gasteiger partial charge in [-0.15, -0.1) is 0 Å². The van der Waals surface area contributed by atoms with Crippen LogP contribution in [0.25, 0.3) is 6.08 Å². The number of furan rings is 1. The SMILES string of the molecule is N#CC(C#N)=Cc1ccc(Nc2ccccc2)o1. The van der Waals surface area contributed by atoms with E-state index in [2.05, 4.69) is 5.32 Å². The average molecular weight is 235 g/mol. The summed E-state index contributed by atoms with van der Waals surface area (Å²) < 4.78 is 5.43. The Morgan fingerprint density at radius 3 is 2.44 bits per heavy atom. The summed E-state index contributed by atoms with van der Waals surface area (Å²) >= 11 is 0. The van der Waals surface area contributed by atoms with Crippen molar-refractivity contribution < 1.29 is 4.42 Å². The van der Waals surface area contributed by atoms with Crippen LogP contribution in [-0.4, -0.2) is 0 Å². The van der Waals surface area contributed by atoms with E-state index in [0.717, 1.165) is 5.69 Å². The van der Waals surface area contributed by atoms with Gasteiger partial charge in [0.1, 0.15) is 23.5 Å². The lowest BCUT2D eigenvalue weighted by molar-refractivity contribution is 0.574. The van der Waals surface area contributed by atoms with E-state index in [1.54, 1.807) is 24.3 Å². The van der Waals surface area contributed by atoms with Gasteiger partial charge in [-0.1, -0.05) is 18.2 Å². The number of para-hydroxylation sites is 1. The van der Waals surface area contributed by atoms with Crippen molar-refractivity contribution in [2.45, 2.75) is 0 Å². The van der Waals surface area contributed by atoms with Crippen LogP contribution in [0.1, 0.15) is 5.76 Å². The van der Waals surface area contributed by atoms with Crippen LogP contribution < -0.4 is 5.32 Å². The fourth-order valence-electron chi connectivity index (χ4n) is 1.39. The summed E-state index contributed by atoms with van der Waals surface area (Å²) in [5, 5.41) is 20.3. The third-order valence-corrected chi connectivity index (χ3v) is 2.20. The molecule has 0 bridgehead atoms. The predicted octanol–water partition coefficient (Wildman–Crippen LogP) is 3.45. The molecular formula is C14H9N3O. The number of rotatable bonds is 3. The Bertz CT molecular complexity index is 626. The molecule has 0 unspecified atom stereocenters. The Balaban J connectivity index is 2.15. The summed E-state index contributed by atoms with van der Waals surface area (Å²) in [6.07, 6.45) is 1.40. The summed E-state index contributed by atoms with van der Waals surface area (Å²) in [5.41, 5.74) is 0.916. The fourth-order valence-corrected chi connectivity index (χ4v) is 1.39. The topological polar surface area (TPSA) is 72.8 Å². The number of hydrogen-bond acceptors (Lipinski definition) is 4. The van der Waals surface area contributed by atoms with E-state index in [1.165, 1.54) is 6.08 Å². The summed E-state index contributed by atoms with van der Waals surface area (Å²) in [7, 11) is 0. The zero-order valence-electron chi connectivity index (χ0n) is 9.42. The van der Waals surface area contributed by atoms with Gasteiger partial charge in [0.25, 0.3) is 0 Å². The number of nitriles is 2. The molecule has 0 saturated heterocycles. The van der Waals surface area contributed by atoms with Crippen LogP contribution in [0.3, 0.4) is 0 Å². The molecule has 18 heavy (non-hydrogen) atoms. The van der Waals surface area contributed by atoms with E-state index in [-0.39, 0.29) is 5.57 Å². The monoisotopic (exact) mass is 235 g/mol. The van der Waals surface area contributed by atoms with E-state index < -0.39 is 0 Å². The van der Waals surface area contributed by atoms with Crippen molar-refractivity contribution in [3.8, 4) is 12.1 Å². The van der Waals surface area contributed by atoms with Gasteiger partial charge >= 0.3 is 0 Å². The molecule has 1 heterocycles. The van der Waals surface area contributed by atoms with Gasteiger partial charge in [-0.25, -0.2) is 0 Å². The minimum absolute atomic E-state index is 0.00983. The van der Waals surface area contributed by atoms with Gasteiger partial charge in [0.15, 0.2) is 5.88 Å². The molecule has 0 aliphatic rings. The predicted molar refractivity (Wildman–Crippen MR) is 67.6 cm³/mol. The average Bonchev–Trinajstić information content (AvgIpc) is 2.84. The Kier molecular flexibility index (Phi) is 3.44. The molecule has 1 aromatic carbocycles. The van der Waals surface area contributed by atoms with Gasteiger partial charge in [-0.05, 0) is 18.2 Å². The van der Waals surface area contributed by atoms with Crippen molar-refractivity contribution in [1.82, 2.24) is 0 Å². The molecule has 0 fully saturated rings. The fraction of sp³-hybridized carbons (Fsp3) is 0. The van der Waals surface area contributed by atoms with Gasteiger partial charge in [0.05, 0.1) is 0 Å². The number of nitrogens with one attached hydrogen (secondary N) is 1. The van der Waals surface area contributed by atoms with E-state index in [4.69, 9.17) is 14.9 Å². The molecule has 0 atom stereocenters. The second-order valence-corrected chi connectivity index (χ2v) is 3.47. The zero-order chi connectivity index (χ0) is 12.8. The molecule has 1 aromatic heterocycles. The lowest BCUT2D eigenvalue weighted by Gasteiger charge is -2.00. The molecular weight excluding hydrogens is 226 g/mol. The summed E-state index contributed by atoms with van der Waals surface area (Å²) in [4.78, 5) is 0. The van der Waals surface area contributed by atoms with Gasteiger partial charge in [-0.2, -0.15) is 10.5 Å². The van der Waals surface area contributed by atoms with Crippen molar-refractivity contribution in [2.75, 3.05) is 5.32 Å². The maximum absolute atomic E-state index is 8.63. The number of anilines is 2. The van der Waals surface area contributed by atoms with Crippen molar-refractivity contribution in [3.63, 3.8) is 0 Å². The number of nitrogens with zero attached hydrogens (tertiary/aromatic N) is 2. The van der Waals surface area contributed by atoms with Gasteiger partial charge in [0.2, 0.25) is 0 Å². The molecule has 4 heteroatoms. The quantitative estimate of drug-likeness (QED) is 0.827. The summed E-state index contributed by atoms with van der Waals surface area (Å²) in [6.45, 7) is 0. The molecule has 0 aliphatic heterocycles. The van der Waals surface area contributed by atoms with E-state index >= 15 is 0 Å². The lowest BCUT2D eigenvalue weighted by atomic mass is 10.3. The van der Waals surface area contributed by atoms with Crippen LogP contribution in [0.2, 0.25) is 0 Å². The largest absolute Gasteiger partial charge is 0.441 e. The first-order valence-corrected chi connectivity index (χ1v) is 5.25. The van der Waals surface area contributed by atoms with E-state index in [1.807, 2.05) is 30.3 Å². The molecule has 0 spiro atoms. The third-order valence-electron chi connectivity index (χ3n) is 2.20. The Labute approximate surface area is 104 Å². The van der Waals surface area contributed by atoms with Gasteiger partial charge in [0, 0.05) is 17.8 Å². The smallest absolute Gasteiger partial charge is 0.197 e. The highest BCUT2D eigenvalue weighted by molar-refractivity contribution is 5.61. The number of allylic oxidation sites excluding steroid dienone is 1. The highest BCUT2D eigenvalue weighted by Gasteiger charge is 2.01. The van der Waals surface area contributed by atoms with E-state index in [9.17, 15) is 0 Å². The maximum Gasteiger partial charge on any atom is 0.197 e. The highest BCUT2D eigenvalue weighted by atomic mass is 16.4. The van der Waals surface area contributed by atoms with Crippen molar-refractivity contribution in [1.29, 1.82) is 10.5 Å². The molecule has 2 aromatic rings. The number of benzene rings is 1.